The minimum Gasteiger partial charge on any atom is -0.496 e. The normalized spacial score (nSPS) is 10.7. The number of hydrogen-bond donors (Lipinski definition) is 1. The summed E-state index contributed by atoms with van der Waals surface area (Å²) in [6, 6.07) is 2.01. The van der Waals surface area contributed by atoms with Crippen LogP contribution in [0.3, 0.4) is 0 Å². The Morgan fingerprint density at radius 3 is 2.84 bits per heavy atom. The zero-order valence-electron chi connectivity index (χ0n) is 11.9. The molecule has 19 heavy (non-hydrogen) atoms. The van der Waals surface area contributed by atoms with Crippen molar-refractivity contribution in [2.75, 3.05) is 14.2 Å². The summed E-state index contributed by atoms with van der Waals surface area (Å²) >= 11 is 0. The lowest BCUT2D eigenvalue weighted by atomic mass is 10.1. The highest BCUT2D eigenvalue weighted by Crippen LogP contribution is 2.24. The number of nitrogens with one attached hydrogen (secondary N) is 1. The van der Waals surface area contributed by atoms with E-state index in [1.165, 1.54) is 0 Å². The van der Waals surface area contributed by atoms with Gasteiger partial charge in [0.2, 0.25) is 0 Å². The van der Waals surface area contributed by atoms with Crippen LogP contribution in [0.1, 0.15) is 22.5 Å². The van der Waals surface area contributed by atoms with Gasteiger partial charge in [-0.05, 0) is 27.0 Å². The highest BCUT2D eigenvalue weighted by Gasteiger charge is 2.10. The Labute approximate surface area is 113 Å². The molecule has 0 aliphatic heterocycles. The van der Waals surface area contributed by atoms with Crippen LogP contribution in [-0.4, -0.2) is 28.9 Å². The number of aromatic nitrogens is 3. The predicted octanol–water partition coefficient (Wildman–Crippen LogP) is 1.67. The van der Waals surface area contributed by atoms with Gasteiger partial charge in [0.1, 0.15) is 5.75 Å². The quantitative estimate of drug-likeness (QED) is 0.888. The van der Waals surface area contributed by atoms with Crippen molar-refractivity contribution in [2.24, 2.45) is 0 Å². The van der Waals surface area contributed by atoms with E-state index in [0.717, 1.165) is 34.8 Å². The van der Waals surface area contributed by atoms with Crippen molar-refractivity contribution in [3.8, 4) is 5.75 Å². The van der Waals surface area contributed by atoms with Crippen LogP contribution in [0.25, 0.3) is 0 Å². The van der Waals surface area contributed by atoms with Crippen LogP contribution in [0.4, 0.5) is 0 Å². The monoisotopic (exact) mass is 260 g/mol. The van der Waals surface area contributed by atoms with Crippen molar-refractivity contribution in [2.45, 2.75) is 26.9 Å². The van der Waals surface area contributed by atoms with Crippen LogP contribution in [0.2, 0.25) is 0 Å². The maximum atomic E-state index is 5.42. The SMILES string of the molecule is CNCc1ccn(Cc2ncc(C)c(OC)c2C)n1. The summed E-state index contributed by atoms with van der Waals surface area (Å²) in [6.07, 6.45) is 3.82. The van der Waals surface area contributed by atoms with Crippen molar-refractivity contribution >= 4 is 0 Å². The van der Waals surface area contributed by atoms with Crippen molar-refractivity contribution in [1.82, 2.24) is 20.1 Å². The van der Waals surface area contributed by atoms with Crippen LogP contribution in [0.5, 0.6) is 5.75 Å². The number of pyridine rings is 1. The largest absolute Gasteiger partial charge is 0.496 e. The Bertz CT molecular complexity index is 563. The molecule has 102 valence electrons. The second-order valence-electron chi connectivity index (χ2n) is 4.58. The average Bonchev–Trinajstić information content (AvgIpc) is 2.82. The highest BCUT2D eigenvalue weighted by molar-refractivity contribution is 5.41. The molecule has 1 N–H and O–H groups in total. The number of hydrogen-bond acceptors (Lipinski definition) is 4. The first-order valence-electron chi connectivity index (χ1n) is 6.31. The molecule has 0 bridgehead atoms. The van der Waals surface area contributed by atoms with E-state index in [1.54, 1.807) is 7.11 Å². The molecular formula is C14H20N4O. The second kappa shape index (κ2) is 5.84. The van der Waals surface area contributed by atoms with E-state index in [-0.39, 0.29) is 0 Å². The lowest BCUT2D eigenvalue weighted by Crippen LogP contribution is -2.09. The highest BCUT2D eigenvalue weighted by atomic mass is 16.5. The van der Waals surface area contributed by atoms with Crippen molar-refractivity contribution in [3.63, 3.8) is 0 Å². The molecule has 0 unspecified atom stereocenters. The van der Waals surface area contributed by atoms with Gasteiger partial charge in [0.25, 0.3) is 0 Å². The van der Waals surface area contributed by atoms with E-state index in [2.05, 4.69) is 15.4 Å². The third-order valence-corrected chi connectivity index (χ3v) is 3.12. The average molecular weight is 260 g/mol. The standard InChI is InChI=1S/C14H20N4O/c1-10-7-16-13(11(2)14(10)19-4)9-18-6-5-12(17-18)8-15-3/h5-7,15H,8-9H2,1-4H3. The topological polar surface area (TPSA) is 52.0 Å². The molecule has 0 aliphatic carbocycles. The first-order chi connectivity index (χ1) is 9.15. The second-order valence-corrected chi connectivity index (χ2v) is 4.58. The van der Waals surface area contributed by atoms with E-state index in [4.69, 9.17) is 4.74 Å². The third-order valence-electron chi connectivity index (χ3n) is 3.12. The van der Waals surface area contributed by atoms with Gasteiger partial charge in [-0.3, -0.25) is 9.67 Å². The van der Waals surface area contributed by atoms with Gasteiger partial charge in [0.05, 0.1) is 25.0 Å². The summed E-state index contributed by atoms with van der Waals surface area (Å²) in [5.41, 5.74) is 4.15. The van der Waals surface area contributed by atoms with Gasteiger partial charge in [-0.15, -0.1) is 0 Å². The van der Waals surface area contributed by atoms with E-state index < -0.39 is 0 Å². The first-order valence-corrected chi connectivity index (χ1v) is 6.31. The summed E-state index contributed by atoms with van der Waals surface area (Å²) in [6.45, 7) is 5.47. The molecule has 0 atom stereocenters. The van der Waals surface area contributed by atoms with Gasteiger partial charge in [-0.1, -0.05) is 0 Å². The van der Waals surface area contributed by atoms with Gasteiger partial charge in [-0.2, -0.15) is 5.10 Å². The number of nitrogens with zero attached hydrogens (tertiary/aromatic N) is 3. The van der Waals surface area contributed by atoms with Crippen LogP contribution in [0.15, 0.2) is 18.5 Å². The van der Waals surface area contributed by atoms with Gasteiger partial charge >= 0.3 is 0 Å². The van der Waals surface area contributed by atoms with Crippen molar-refractivity contribution in [3.05, 3.63) is 41.0 Å². The van der Waals surface area contributed by atoms with Gasteiger partial charge in [-0.25, -0.2) is 0 Å². The number of methoxy groups -OCH3 is 1. The number of ether oxygens (including phenoxy) is 1. The Morgan fingerprint density at radius 1 is 1.37 bits per heavy atom. The molecule has 2 heterocycles. The zero-order chi connectivity index (χ0) is 13.8. The molecule has 5 nitrogen and oxygen atoms in total. The fraction of sp³-hybridized carbons (Fsp3) is 0.429. The summed E-state index contributed by atoms with van der Waals surface area (Å²) < 4.78 is 7.32. The molecule has 0 fully saturated rings. The van der Waals surface area contributed by atoms with E-state index in [1.807, 2.05) is 44.0 Å². The summed E-state index contributed by atoms with van der Waals surface area (Å²) in [4.78, 5) is 4.48. The van der Waals surface area contributed by atoms with Crippen molar-refractivity contribution < 1.29 is 4.74 Å². The summed E-state index contributed by atoms with van der Waals surface area (Å²) in [5.74, 6) is 0.910. The summed E-state index contributed by atoms with van der Waals surface area (Å²) in [7, 11) is 3.60. The molecular weight excluding hydrogens is 240 g/mol. The van der Waals surface area contributed by atoms with Crippen LogP contribution in [0, 0.1) is 13.8 Å². The van der Waals surface area contributed by atoms with Crippen molar-refractivity contribution in [1.29, 1.82) is 0 Å². The zero-order valence-corrected chi connectivity index (χ0v) is 11.9. The smallest absolute Gasteiger partial charge is 0.128 e. The Hall–Kier alpha value is -1.88. The third kappa shape index (κ3) is 2.93. The first kappa shape index (κ1) is 13.5. The minimum absolute atomic E-state index is 0.659. The molecule has 0 aromatic carbocycles. The van der Waals surface area contributed by atoms with Gasteiger partial charge in [0, 0.05) is 30.1 Å². The maximum Gasteiger partial charge on any atom is 0.128 e. The lowest BCUT2D eigenvalue weighted by Gasteiger charge is -2.12. The minimum atomic E-state index is 0.659. The fourth-order valence-corrected chi connectivity index (χ4v) is 2.15. The fourth-order valence-electron chi connectivity index (χ4n) is 2.15. The molecule has 0 radical (unpaired) electrons. The Balaban J connectivity index is 2.23. The van der Waals surface area contributed by atoms with E-state index >= 15 is 0 Å². The Kier molecular flexibility index (Phi) is 4.16. The van der Waals surface area contributed by atoms with Gasteiger partial charge < -0.3 is 10.1 Å². The molecule has 0 spiro atoms. The maximum absolute atomic E-state index is 5.42. The molecule has 0 amide bonds. The Morgan fingerprint density at radius 2 is 2.16 bits per heavy atom. The molecule has 0 saturated carbocycles. The summed E-state index contributed by atoms with van der Waals surface area (Å²) in [5, 5.41) is 7.57. The molecule has 2 aromatic rings. The van der Waals surface area contributed by atoms with E-state index in [9.17, 15) is 0 Å². The van der Waals surface area contributed by atoms with Crippen LogP contribution < -0.4 is 10.1 Å². The molecule has 2 aromatic heterocycles. The van der Waals surface area contributed by atoms with Crippen LogP contribution in [-0.2, 0) is 13.1 Å². The predicted molar refractivity (Wildman–Crippen MR) is 74.4 cm³/mol. The molecule has 0 aliphatic rings. The van der Waals surface area contributed by atoms with E-state index in [0.29, 0.717) is 6.54 Å². The number of aryl methyl sites for hydroxylation is 1. The molecule has 5 heteroatoms. The molecule has 0 saturated heterocycles. The van der Waals surface area contributed by atoms with Gasteiger partial charge in [0.15, 0.2) is 0 Å². The molecule has 2 rings (SSSR count). The lowest BCUT2D eigenvalue weighted by molar-refractivity contribution is 0.406. The number of rotatable bonds is 5. The van der Waals surface area contributed by atoms with Crippen LogP contribution >= 0.6 is 0 Å².